The van der Waals surface area contributed by atoms with E-state index in [0.717, 1.165) is 16.5 Å². The Labute approximate surface area is 177 Å². The summed E-state index contributed by atoms with van der Waals surface area (Å²) in [4.78, 5) is 8.42. The topological polar surface area (TPSA) is 58.8 Å². The van der Waals surface area contributed by atoms with Crippen molar-refractivity contribution in [3.63, 3.8) is 0 Å². The molecule has 0 fully saturated rings. The highest BCUT2D eigenvalue weighted by Gasteiger charge is 2.13. The van der Waals surface area contributed by atoms with Gasteiger partial charge in [-0.05, 0) is 53.6 Å². The highest BCUT2D eigenvalue weighted by molar-refractivity contribution is 6.35. The molecule has 2 heterocycles. The van der Waals surface area contributed by atoms with Gasteiger partial charge in [0.15, 0.2) is 5.75 Å². The van der Waals surface area contributed by atoms with Crippen molar-refractivity contribution in [2.75, 3.05) is 0 Å². The molecule has 0 aliphatic rings. The minimum atomic E-state index is 0.323. The molecule has 0 aliphatic heterocycles. The lowest BCUT2D eigenvalue weighted by molar-refractivity contribution is 0.486. The number of fused-ring (bicyclic) bond motifs is 1. The molecule has 0 radical (unpaired) electrons. The lowest BCUT2D eigenvalue weighted by Gasteiger charge is -2.12. The Kier molecular flexibility index (Phi) is 5.44. The van der Waals surface area contributed by atoms with Crippen molar-refractivity contribution >= 4 is 46.3 Å². The zero-order chi connectivity index (χ0) is 20.2. The highest BCUT2D eigenvalue weighted by Crippen LogP contribution is 2.37. The smallest absolute Gasteiger partial charge is 0.156 e. The van der Waals surface area contributed by atoms with Gasteiger partial charge in [-0.25, -0.2) is 0 Å². The first-order valence-corrected chi connectivity index (χ1v) is 9.43. The average Bonchev–Trinajstić information content (AvgIpc) is 2.75. The van der Waals surface area contributed by atoms with Crippen LogP contribution in [-0.2, 0) is 0 Å². The summed E-state index contributed by atoms with van der Waals surface area (Å²) in [7, 11) is 0. The summed E-state index contributed by atoms with van der Waals surface area (Å²) in [5.41, 5.74) is 3.06. The van der Waals surface area contributed by atoms with E-state index in [0.29, 0.717) is 32.6 Å². The number of benzene rings is 2. The number of aromatic nitrogens is 2. The summed E-state index contributed by atoms with van der Waals surface area (Å²) in [6.07, 6.45) is 8.98. The van der Waals surface area contributed by atoms with Crippen molar-refractivity contribution in [1.82, 2.24) is 9.97 Å². The fourth-order valence-corrected chi connectivity index (χ4v) is 3.26. The zero-order valence-corrected chi connectivity index (χ0v) is 16.5. The van der Waals surface area contributed by atoms with Crippen LogP contribution < -0.4 is 4.74 Å². The maximum absolute atomic E-state index is 9.49. The normalized spacial score (nSPS) is 10.9. The van der Waals surface area contributed by atoms with E-state index in [1.165, 1.54) is 6.20 Å². The maximum atomic E-state index is 9.49. The lowest BCUT2D eigenvalue weighted by Crippen LogP contribution is -1.93. The zero-order valence-electron chi connectivity index (χ0n) is 15.0. The van der Waals surface area contributed by atoms with Gasteiger partial charge >= 0.3 is 0 Å². The van der Waals surface area contributed by atoms with E-state index >= 15 is 0 Å². The van der Waals surface area contributed by atoms with E-state index in [9.17, 15) is 5.26 Å². The summed E-state index contributed by atoms with van der Waals surface area (Å²) >= 11 is 12.2. The van der Waals surface area contributed by atoms with E-state index in [-0.39, 0.29) is 0 Å². The highest BCUT2D eigenvalue weighted by atomic mass is 35.5. The molecule has 140 valence electrons. The largest absolute Gasteiger partial charge is 0.454 e. The predicted octanol–water partition coefficient (Wildman–Crippen LogP) is 6.77. The van der Waals surface area contributed by atoms with E-state index < -0.39 is 0 Å². The van der Waals surface area contributed by atoms with Crippen LogP contribution in [0.1, 0.15) is 16.7 Å². The summed E-state index contributed by atoms with van der Waals surface area (Å²) in [5.74, 6) is 0.827. The van der Waals surface area contributed by atoms with Crippen LogP contribution in [0.3, 0.4) is 0 Å². The molecule has 4 aromatic rings. The first kappa shape index (κ1) is 18.9. The molecule has 6 heteroatoms. The summed E-state index contributed by atoms with van der Waals surface area (Å²) in [6.45, 7) is 0. The van der Waals surface area contributed by atoms with Crippen LogP contribution in [0.2, 0.25) is 10.0 Å². The molecule has 2 aromatic heterocycles. The second kappa shape index (κ2) is 8.32. The van der Waals surface area contributed by atoms with Crippen LogP contribution in [0.25, 0.3) is 23.1 Å². The summed E-state index contributed by atoms with van der Waals surface area (Å²) in [5, 5.41) is 11.1. The third-order valence-corrected chi connectivity index (χ3v) is 4.77. The Morgan fingerprint density at radius 3 is 2.48 bits per heavy atom. The third-order valence-electron chi connectivity index (χ3n) is 4.24. The molecule has 0 atom stereocenters. The SMILES string of the molecule is N#Cc1cnc2cc(/C=C/c3ccncc3)ccc2c1Oc1ccc(Cl)cc1Cl. The van der Waals surface area contributed by atoms with Crippen LogP contribution >= 0.6 is 23.2 Å². The second-order valence-electron chi connectivity index (χ2n) is 6.18. The van der Waals surface area contributed by atoms with Gasteiger partial charge in [0.25, 0.3) is 0 Å². The van der Waals surface area contributed by atoms with E-state index in [1.807, 2.05) is 42.5 Å². The predicted molar refractivity (Wildman–Crippen MR) is 116 cm³/mol. The molecule has 0 saturated carbocycles. The lowest BCUT2D eigenvalue weighted by atomic mass is 10.1. The molecule has 4 rings (SSSR count). The van der Waals surface area contributed by atoms with Crippen LogP contribution in [0.4, 0.5) is 0 Å². The van der Waals surface area contributed by atoms with Gasteiger partial charge in [-0.2, -0.15) is 5.26 Å². The molecule has 0 amide bonds. The molecule has 0 saturated heterocycles. The standard InChI is InChI=1S/C23H13Cl2N3O/c24-18-4-6-22(20(25)12-18)29-23-17(13-26)14-28-21-11-16(3-5-19(21)23)2-1-15-7-9-27-10-8-15/h1-12,14H/b2-1+. The number of hydrogen-bond donors (Lipinski definition) is 0. The number of pyridine rings is 2. The molecule has 29 heavy (non-hydrogen) atoms. The number of hydrogen-bond acceptors (Lipinski definition) is 4. The number of nitrogens with zero attached hydrogens (tertiary/aromatic N) is 3. The van der Waals surface area contributed by atoms with E-state index in [2.05, 4.69) is 16.0 Å². The minimum Gasteiger partial charge on any atom is -0.454 e. The van der Waals surface area contributed by atoms with Gasteiger partial charge < -0.3 is 4.74 Å². The average molecular weight is 418 g/mol. The molecule has 0 unspecified atom stereocenters. The monoisotopic (exact) mass is 417 g/mol. The van der Waals surface area contributed by atoms with Gasteiger partial charge in [0, 0.05) is 29.0 Å². The number of nitriles is 1. The van der Waals surface area contributed by atoms with Gasteiger partial charge in [0.2, 0.25) is 0 Å². The Balaban J connectivity index is 1.74. The van der Waals surface area contributed by atoms with Crippen LogP contribution in [0.5, 0.6) is 11.5 Å². The summed E-state index contributed by atoms with van der Waals surface area (Å²) < 4.78 is 5.99. The first-order chi connectivity index (χ1) is 14.1. The van der Waals surface area contributed by atoms with Gasteiger partial charge in [0.05, 0.1) is 10.5 Å². The first-order valence-electron chi connectivity index (χ1n) is 8.68. The van der Waals surface area contributed by atoms with E-state index in [4.69, 9.17) is 27.9 Å². The molecule has 0 aliphatic carbocycles. The third kappa shape index (κ3) is 4.22. The van der Waals surface area contributed by atoms with Crippen molar-refractivity contribution in [3.05, 3.63) is 93.9 Å². The van der Waals surface area contributed by atoms with Gasteiger partial charge in [-0.15, -0.1) is 0 Å². The molecule has 0 spiro atoms. The van der Waals surface area contributed by atoms with Gasteiger partial charge in [0.1, 0.15) is 17.4 Å². The number of ether oxygens (including phenoxy) is 1. The van der Waals surface area contributed by atoms with Crippen LogP contribution in [-0.4, -0.2) is 9.97 Å². The molecule has 0 bridgehead atoms. The molecular formula is C23H13Cl2N3O. The van der Waals surface area contributed by atoms with Crippen molar-refractivity contribution in [2.45, 2.75) is 0 Å². The maximum Gasteiger partial charge on any atom is 0.156 e. The fraction of sp³-hybridized carbons (Fsp3) is 0. The quantitative estimate of drug-likeness (QED) is 0.367. The van der Waals surface area contributed by atoms with Crippen LogP contribution in [0.15, 0.2) is 67.1 Å². The fourth-order valence-electron chi connectivity index (χ4n) is 2.81. The Morgan fingerprint density at radius 2 is 1.72 bits per heavy atom. The van der Waals surface area contributed by atoms with Gasteiger partial charge in [-0.1, -0.05) is 41.4 Å². The number of rotatable bonds is 4. The van der Waals surface area contributed by atoms with E-state index in [1.54, 1.807) is 30.6 Å². The molecule has 0 N–H and O–H groups in total. The Hall–Kier alpha value is -3.39. The minimum absolute atomic E-state index is 0.323. The van der Waals surface area contributed by atoms with Crippen molar-refractivity contribution in [1.29, 1.82) is 5.26 Å². The molecule has 2 aromatic carbocycles. The van der Waals surface area contributed by atoms with Gasteiger partial charge in [-0.3, -0.25) is 9.97 Å². The Morgan fingerprint density at radius 1 is 0.931 bits per heavy atom. The van der Waals surface area contributed by atoms with Crippen LogP contribution in [0, 0.1) is 11.3 Å². The van der Waals surface area contributed by atoms with Crippen molar-refractivity contribution < 1.29 is 4.74 Å². The van der Waals surface area contributed by atoms with Crippen molar-refractivity contribution in [2.24, 2.45) is 0 Å². The molecular weight excluding hydrogens is 405 g/mol. The second-order valence-corrected chi connectivity index (χ2v) is 7.02. The number of halogens is 2. The summed E-state index contributed by atoms with van der Waals surface area (Å²) in [6, 6.07) is 16.7. The Bertz CT molecular complexity index is 1260. The molecule has 4 nitrogen and oxygen atoms in total. The van der Waals surface area contributed by atoms with Crippen molar-refractivity contribution in [3.8, 4) is 17.6 Å².